The summed E-state index contributed by atoms with van der Waals surface area (Å²) >= 11 is 3.35. The van der Waals surface area contributed by atoms with E-state index in [0.29, 0.717) is 11.4 Å². The summed E-state index contributed by atoms with van der Waals surface area (Å²) in [5.41, 5.74) is 1.84. The summed E-state index contributed by atoms with van der Waals surface area (Å²) in [7, 11) is 0. The lowest BCUT2D eigenvalue weighted by molar-refractivity contribution is -0.114. The van der Waals surface area contributed by atoms with E-state index in [9.17, 15) is 9.18 Å². The van der Waals surface area contributed by atoms with Crippen LogP contribution in [0.25, 0.3) is 0 Å². The van der Waals surface area contributed by atoms with Gasteiger partial charge in [0, 0.05) is 4.47 Å². The molecule has 0 heterocycles. The molecule has 0 fully saturated rings. The van der Waals surface area contributed by atoms with E-state index in [1.54, 1.807) is 18.2 Å². The number of benzene rings is 2. The van der Waals surface area contributed by atoms with Crippen LogP contribution in [0.1, 0.15) is 5.56 Å². The molecular formula is C15H14BrFN2O. The minimum Gasteiger partial charge on any atom is -0.374 e. The van der Waals surface area contributed by atoms with Crippen molar-refractivity contribution in [2.75, 3.05) is 17.2 Å². The van der Waals surface area contributed by atoms with Crippen molar-refractivity contribution in [1.29, 1.82) is 0 Å². The Labute approximate surface area is 125 Å². The number of hydrogen-bond donors (Lipinski definition) is 2. The van der Waals surface area contributed by atoms with Gasteiger partial charge >= 0.3 is 0 Å². The van der Waals surface area contributed by atoms with Crippen molar-refractivity contribution in [3.8, 4) is 0 Å². The zero-order chi connectivity index (χ0) is 14.5. The summed E-state index contributed by atoms with van der Waals surface area (Å²) in [6, 6.07) is 12.1. The Kier molecular flexibility index (Phi) is 4.74. The van der Waals surface area contributed by atoms with Gasteiger partial charge in [-0.15, -0.1) is 0 Å². The SMILES string of the molecule is Cc1ccc(NCC(=O)Nc2ccccc2Br)c(F)c1. The van der Waals surface area contributed by atoms with Crippen molar-refractivity contribution in [1.82, 2.24) is 0 Å². The summed E-state index contributed by atoms with van der Waals surface area (Å²) in [6.07, 6.45) is 0. The zero-order valence-electron chi connectivity index (χ0n) is 10.9. The molecule has 2 aromatic rings. The smallest absolute Gasteiger partial charge is 0.243 e. The Hall–Kier alpha value is -1.88. The Balaban J connectivity index is 1.94. The average Bonchev–Trinajstić information content (AvgIpc) is 2.40. The van der Waals surface area contributed by atoms with E-state index >= 15 is 0 Å². The predicted molar refractivity (Wildman–Crippen MR) is 82.4 cm³/mol. The first kappa shape index (κ1) is 14.5. The van der Waals surface area contributed by atoms with Crippen LogP contribution in [0.4, 0.5) is 15.8 Å². The van der Waals surface area contributed by atoms with Crippen LogP contribution in [0.15, 0.2) is 46.9 Å². The third-order valence-electron chi connectivity index (χ3n) is 2.71. The topological polar surface area (TPSA) is 41.1 Å². The third-order valence-corrected chi connectivity index (χ3v) is 3.40. The third kappa shape index (κ3) is 3.81. The quantitative estimate of drug-likeness (QED) is 0.887. The van der Waals surface area contributed by atoms with Crippen LogP contribution in [0.5, 0.6) is 0 Å². The maximum atomic E-state index is 13.6. The number of nitrogens with one attached hydrogen (secondary N) is 2. The Morgan fingerprint density at radius 3 is 2.65 bits per heavy atom. The van der Waals surface area contributed by atoms with Gasteiger partial charge in [-0.2, -0.15) is 0 Å². The number of aryl methyl sites for hydroxylation is 1. The van der Waals surface area contributed by atoms with Crippen LogP contribution in [0.2, 0.25) is 0 Å². The lowest BCUT2D eigenvalue weighted by Crippen LogP contribution is -2.22. The van der Waals surface area contributed by atoms with E-state index < -0.39 is 0 Å². The molecule has 0 atom stereocenters. The van der Waals surface area contributed by atoms with Crippen LogP contribution in [0.3, 0.4) is 0 Å². The Morgan fingerprint density at radius 2 is 1.95 bits per heavy atom. The van der Waals surface area contributed by atoms with Gasteiger partial charge in [0.05, 0.1) is 17.9 Å². The van der Waals surface area contributed by atoms with Gasteiger partial charge in [0.25, 0.3) is 0 Å². The molecule has 0 radical (unpaired) electrons. The fourth-order valence-electron chi connectivity index (χ4n) is 1.70. The van der Waals surface area contributed by atoms with Gasteiger partial charge in [-0.25, -0.2) is 4.39 Å². The number of para-hydroxylation sites is 1. The molecule has 1 amide bonds. The van der Waals surface area contributed by atoms with E-state index in [1.165, 1.54) is 6.07 Å². The van der Waals surface area contributed by atoms with Gasteiger partial charge < -0.3 is 10.6 Å². The maximum absolute atomic E-state index is 13.6. The monoisotopic (exact) mass is 336 g/mol. The minimum absolute atomic E-state index is 0.00130. The van der Waals surface area contributed by atoms with E-state index in [1.807, 2.05) is 25.1 Å². The first-order valence-electron chi connectivity index (χ1n) is 6.10. The van der Waals surface area contributed by atoms with Crippen molar-refractivity contribution < 1.29 is 9.18 Å². The molecule has 0 bridgehead atoms. The van der Waals surface area contributed by atoms with Crippen molar-refractivity contribution in [3.63, 3.8) is 0 Å². The number of halogens is 2. The molecule has 0 unspecified atom stereocenters. The van der Waals surface area contributed by atoms with E-state index in [4.69, 9.17) is 0 Å². The molecule has 2 aromatic carbocycles. The Bertz CT molecular complexity index is 631. The predicted octanol–water partition coefficient (Wildman–Crippen LogP) is 3.95. The number of hydrogen-bond acceptors (Lipinski definition) is 2. The van der Waals surface area contributed by atoms with Crippen LogP contribution in [-0.4, -0.2) is 12.5 Å². The van der Waals surface area contributed by atoms with Gasteiger partial charge in [0.1, 0.15) is 5.82 Å². The fourth-order valence-corrected chi connectivity index (χ4v) is 2.08. The molecule has 20 heavy (non-hydrogen) atoms. The number of carbonyl (C=O) groups is 1. The largest absolute Gasteiger partial charge is 0.374 e. The van der Waals surface area contributed by atoms with Crippen LogP contribution < -0.4 is 10.6 Å². The van der Waals surface area contributed by atoms with Gasteiger partial charge in [0.15, 0.2) is 0 Å². The molecule has 0 saturated heterocycles. The zero-order valence-corrected chi connectivity index (χ0v) is 12.5. The molecule has 0 aromatic heterocycles. The summed E-state index contributed by atoms with van der Waals surface area (Å²) in [5, 5.41) is 5.52. The molecule has 104 valence electrons. The van der Waals surface area contributed by atoms with Gasteiger partial charge in [-0.05, 0) is 52.7 Å². The van der Waals surface area contributed by atoms with E-state index in [0.717, 1.165) is 10.0 Å². The van der Waals surface area contributed by atoms with Gasteiger partial charge in [-0.3, -0.25) is 4.79 Å². The Morgan fingerprint density at radius 1 is 1.20 bits per heavy atom. The first-order chi connectivity index (χ1) is 9.56. The first-order valence-corrected chi connectivity index (χ1v) is 6.90. The highest BCUT2D eigenvalue weighted by molar-refractivity contribution is 9.10. The van der Waals surface area contributed by atoms with E-state index in [-0.39, 0.29) is 18.3 Å². The molecule has 0 aliphatic carbocycles. The molecule has 0 spiro atoms. The van der Waals surface area contributed by atoms with Gasteiger partial charge in [-0.1, -0.05) is 18.2 Å². The second-order valence-electron chi connectivity index (χ2n) is 4.36. The van der Waals surface area contributed by atoms with Gasteiger partial charge in [0.2, 0.25) is 5.91 Å². The lowest BCUT2D eigenvalue weighted by atomic mass is 10.2. The molecule has 5 heteroatoms. The summed E-state index contributed by atoms with van der Waals surface area (Å²) in [4.78, 5) is 11.8. The molecule has 3 nitrogen and oxygen atoms in total. The van der Waals surface area contributed by atoms with Crippen LogP contribution in [0, 0.1) is 12.7 Å². The standard InChI is InChI=1S/C15H14BrFN2O/c1-10-6-7-14(12(17)8-10)18-9-15(20)19-13-5-3-2-4-11(13)16/h2-8,18H,9H2,1H3,(H,19,20). The van der Waals surface area contributed by atoms with Crippen LogP contribution >= 0.6 is 15.9 Å². The van der Waals surface area contributed by atoms with Crippen molar-refractivity contribution >= 4 is 33.2 Å². The van der Waals surface area contributed by atoms with Crippen LogP contribution in [-0.2, 0) is 4.79 Å². The minimum atomic E-state index is -0.362. The second-order valence-corrected chi connectivity index (χ2v) is 5.22. The number of rotatable bonds is 4. The molecule has 0 saturated carbocycles. The highest BCUT2D eigenvalue weighted by Gasteiger charge is 2.07. The second kappa shape index (κ2) is 6.52. The molecular weight excluding hydrogens is 323 g/mol. The number of amides is 1. The summed E-state index contributed by atoms with van der Waals surface area (Å²) in [6.45, 7) is 1.81. The van der Waals surface area contributed by atoms with E-state index in [2.05, 4.69) is 26.6 Å². The van der Waals surface area contributed by atoms with Crippen molar-refractivity contribution in [2.24, 2.45) is 0 Å². The number of carbonyl (C=O) groups excluding carboxylic acids is 1. The summed E-state index contributed by atoms with van der Waals surface area (Å²) < 4.78 is 14.4. The highest BCUT2D eigenvalue weighted by Crippen LogP contribution is 2.21. The fraction of sp³-hybridized carbons (Fsp3) is 0.133. The van der Waals surface area contributed by atoms with Crippen molar-refractivity contribution in [2.45, 2.75) is 6.92 Å². The van der Waals surface area contributed by atoms with Crippen molar-refractivity contribution in [3.05, 3.63) is 58.3 Å². The maximum Gasteiger partial charge on any atom is 0.243 e. The summed E-state index contributed by atoms with van der Waals surface area (Å²) in [5.74, 6) is -0.601. The molecule has 2 N–H and O–H groups in total. The molecule has 0 aliphatic rings. The highest BCUT2D eigenvalue weighted by atomic mass is 79.9. The molecule has 0 aliphatic heterocycles. The molecule has 2 rings (SSSR count). The average molecular weight is 337 g/mol. The number of anilines is 2. The normalized spacial score (nSPS) is 10.2. The lowest BCUT2D eigenvalue weighted by Gasteiger charge is -2.10.